The second kappa shape index (κ2) is 18.7. The second-order valence-corrected chi connectivity index (χ2v) is 14.6. The van der Waals surface area contributed by atoms with Gasteiger partial charge < -0.3 is 24.4 Å². The van der Waals surface area contributed by atoms with Crippen LogP contribution in [0.4, 0.5) is 10.7 Å². The maximum absolute atomic E-state index is 13.3. The van der Waals surface area contributed by atoms with E-state index in [9.17, 15) is 14.7 Å². The molecule has 10 heteroatoms. The van der Waals surface area contributed by atoms with Crippen molar-refractivity contribution in [2.24, 2.45) is 5.92 Å². The van der Waals surface area contributed by atoms with Crippen LogP contribution in [0, 0.1) is 5.92 Å². The van der Waals surface area contributed by atoms with Gasteiger partial charge in [-0.05, 0) is 63.2 Å². The fraction of sp³-hybridized carbons (Fsp3) is 0.692. The SMILES string of the molecule is C/C(=C\C=C\C(C)c1ccnc(N2CC[C@@H](O)C2)n1)[C@H]1OC(=O)CCCCC[C@H](OC(=O)N2CCN(C3CCCCCC3)CC2)/C=C/[C@@H]1C. The van der Waals surface area contributed by atoms with E-state index in [1.54, 1.807) is 6.20 Å². The highest BCUT2D eigenvalue weighted by molar-refractivity contribution is 5.70. The summed E-state index contributed by atoms with van der Waals surface area (Å²) in [5.74, 6) is 0.417. The van der Waals surface area contributed by atoms with Gasteiger partial charge in [0.2, 0.25) is 5.95 Å². The van der Waals surface area contributed by atoms with Crippen molar-refractivity contribution in [3.05, 3.63) is 53.9 Å². The zero-order valence-electron chi connectivity index (χ0n) is 30.0. The first-order valence-corrected chi connectivity index (χ1v) is 18.9. The van der Waals surface area contributed by atoms with Gasteiger partial charge in [0.05, 0.1) is 11.8 Å². The molecule has 5 rings (SSSR count). The van der Waals surface area contributed by atoms with Crippen LogP contribution < -0.4 is 4.90 Å². The number of ether oxygens (including phenoxy) is 2. The molecule has 5 atom stereocenters. The average molecular weight is 678 g/mol. The van der Waals surface area contributed by atoms with Gasteiger partial charge in [0.25, 0.3) is 0 Å². The number of esters is 1. The highest BCUT2D eigenvalue weighted by Crippen LogP contribution is 2.25. The number of aliphatic hydroxyl groups is 1. The number of rotatable bonds is 7. The Kier molecular flexibility index (Phi) is 14.1. The number of cyclic esters (lactones) is 1. The molecule has 1 saturated carbocycles. The van der Waals surface area contributed by atoms with Gasteiger partial charge in [-0.1, -0.05) is 70.3 Å². The molecule has 0 bridgehead atoms. The number of amides is 1. The normalized spacial score (nSPS) is 28.7. The molecule has 0 aromatic carbocycles. The van der Waals surface area contributed by atoms with Crippen molar-refractivity contribution in [1.29, 1.82) is 0 Å². The Balaban J connectivity index is 1.18. The van der Waals surface area contributed by atoms with E-state index in [4.69, 9.17) is 14.5 Å². The predicted octanol–water partition coefficient (Wildman–Crippen LogP) is 6.57. The number of hydrogen-bond donors (Lipinski definition) is 1. The van der Waals surface area contributed by atoms with Crippen LogP contribution in [0.5, 0.6) is 0 Å². The van der Waals surface area contributed by atoms with E-state index in [0.717, 1.165) is 76.1 Å². The summed E-state index contributed by atoms with van der Waals surface area (Å²) >= 11 is 0. The third-order valence-corrected chi connectivity index (χ3v) is 10.7. The van der Waals surface area contributed by atoms with Crippen LogP contribution in [0.1, 0.15) is 109 Å². The molecule has 4 aliphatic rings. The quantitative estimate of drug-likeness (QED) is 0.148. The number of carbonyl (C=O) groups is 2. The fourth-order valence-electron chi connectivity index (χ4n) is 7.56. The number of carbonyl (C=O) groups excluding carboxylic acids is 2. The zero-order chi connectivity index (χ0) is 34.6. The first kappa shape index (κ1) is 37.0. The minimum atomic E-state index is -0.427. The van der Waals surface area contributed by atoms with Crippen molar-refractivity contribution in [3.8, 4) is 0 Å². The lowest BCUT2D eigenvalue weighted by Crippen LogP contribution is -2.52. The summed E-state index contributed by atoms with van der Waals surface area (Å²) in [7, 11) is 0. The third-order valence-electron chi connectivity index (χ3n) is 10.7. The van der Waals surface area contributed by atoms with Gasteiger partial charge in [-0.25, -0.2) is 14.8 Å². The minimum Gasteiger partial charge on any atom is -0.457 e. The second-order valence-electron chi connectivity index (χ2n) is 14.6. The Morgan fingerprint density at radius 1 is 1.00 bits per heavy atom. The molecule has 1 aromatic heterocycles. The number of nitrogens with zero attached hydrogens (tertiary/aromatic N) is 5. The molecule has 0 radical (unpaired) electrons. The van der Waals surface area contributed by atoms with Gasteiger partial charge >= 0.3 is 12.1 Å². The molecular formula is C39H59N5O5. The standard InChI is InChI=1S/C39H59N5O5/c1-29(35-20-22-40-38(41-35)44-23-21-33(45)28-44)12-11-13-30(2)37-31(3)18-19-34(16-9-6-10-17-36(46)49-37)48-39(47)43-26-24-42(25-27-43)32-14-7-4-5-8-15-32/h11-13,18-20,22,29,31-34,37,45H,4-10,14-17,21,23-28H2,1-3H3/b12-11+,19-18+,30-13+/t29?,31-,33+,34-,37+/m0/s1. The Morgan fingerprint density at radius 3 is 2.47 bits per heavy atom. The van der Waals surface area contributed by atoms with Crippen LogP contribution >= 0.6 is 0 Å². The first-order chi connectivity index (χ1) is 23.8. The van der Waals surface area contributed by atoms with Crippen LogP contribution in [0.3, 0.4) is 0 Å². The minimum absolute atomic E-state index is 0.0461. The molecule has 270 valence electrons. The van der Waals surface area contributed by atoms with Gasteiger partial charge in [-0.3, -0.25) is 9.69 Å². The average Bonchev–Trinajstić information content (AvgIpc) is 3.36. The van der Waals surface area contributed by atoms with E-state index in [2.05, 4.69) is 22.9 Å². The molecule has 4 heterocycles. The molecule has 1 unspecified atom stereocenters. The number of aromatic nitrogens is 2. The van der Waals surface area contributed by atoms with E-state index < -0.39 is 6.10 Å². The van der Waals surface area contributed by atoms with Gasteiger partial charge in [0.1, 0.15) is 12.2 Å². The van der Waals surface area contributed by atoms with E-state index in [-0.39, 0.29) is 36.1 Å². The molecule has 3 aliphatic heterocycles. The van der Waals surface area contributed by atoms with E-state index in [1.165, 1.54) is 38.5 Å². The van der Waals surface area contributed by atoms with Gasteiger partial charge in [0.15, 0.2) is 0 Å². The maximum atomic E-state index is 13.3. The van der Waals surface area contributed by atoms with Crippen LogP contribution in [0.25, 0.3) is 0 Å². The highest BCUT2D eigenvalue weighted by atomic mass is 16.6. The van der Waals surface area contributed by atoms with Gasteiger partial charge in [-0.2, -0.15) is 0 Å². The zero-order valence-corrected chi connectivity index (χ0v) is 30.0. The van der Waals surface area contributed by atoms with E-state index in [1.807, 2.05) is 54.0 Å². The van der Waals surface area contributed by atoms with Crippen molar-refractivity contribution >= 4 is 18.0 Å². The highest BCUT2D eigenvalue weighted by Gasteiger charge is 2.29. The summed E-state index contributed by atoms with van der Waals surface area (Å²) < 4.78 is 12.1. The molecule has 3 fully saturated rings. The van der Waals surface area contributed by atoms with Crippen LogP contribution in [-0.4, -0.2) is 101 Å². The topological polar surface area (TPSA) is 108 Å². The molecular weight excluding hydrogens is 618 g/mol. The Hall–Kier alpha value is -3.24. The molecule has 2 saturated heterocycles. The number of aliphatic hydroxyl groups excluding tert-OH is 1. The lowest BCUT2D eigenvalue weighted by Gasteiger charge is -2.39. The lowest BCUT2D eigenvalue weighted by atomic mass is 9.95. The Morgan fingerprint density at radius 2 is 1.73 bits per heavy atom. The summed E-state index contributed by atoms with van der Waals surface area (Å²) in [6.07, 6.45) is 22.9. The molecule has 1 N–H and O–H groups in total. The molecule has 1 aromatic rings. The van der Waals surface area contributed by atoms with Crippen molar-refractivity contribution in [2.75, 3.05) is 44.2 Å². The van der Waals surface area contributed by atoms with Gasteiger partial charge in [0, 0.05) is 69.8 Å². The summed E-state index contributed by atoms with van der Waals surface area (Å²) in [4.78, 5) is 41.8. The monoisotopic (exact) mass is 677 g/mol. The number of piperazine rings is 1. The van der Waals surface area contributed by atoms with E-state index >= 15 is 0 Å². The van der Waals surface area contributed by atoms with Crippen LogP contribution in [0.2, 0.25) is 0 Å². The maximum Gasteiger partial charge on any atom is 0.410 e. The molecule has 0 spiro atoms. The molecule has 1 aliphatic carbocycles. The molecule has 1 amide bonds. The summed E-state index contributed by atoms with van der Waals surface area (Å²) in [5, 5.41) is 9.91. The van der Waals surface area contributed by atoms with E-state index in [0.29, 0.717) is 25.0 Å². The molecule has 10 nitrogen and oxygen atoms in total. The third kappa shape index (κ3) is 11.1. The summed E-state index contributed by atoms with van der Waals surface area (Å²) in [5.41, 5.74) is 1.85. The smallest absolute Gasteiger partial charge is 0.410 e. The summed E-state index contributed by atoms with van der Waals surface area (Å²) in [6.45, 7) is 10.7. The number of anilines is 1. The van der Waals surface area contributed by atoms with Crippen molar-refractivity contribution in [3.63, 3.8) is 0 Å². The first-order valence-electron chi connectivity index (χ1n) is 18.9. The van der Waals surface area contributed by atoms with Crippen LogP contribution in [-0.2, 0) is 14.3 Å². The van der Waals surface area contributed by atoms with Crippen molar-refractivity contribution in [2.45, 2.75) is 128 Å². The lowest BCUT2D eigenvalue weighted by molar-refractivity contribution is -0.148. The number of allylic oxidation sites excluding steroid dienone is 3. The number of β-amino-alcohol motifs (C(OH)–C–C–N with tert-alkyl or cyclic N) is 1. The molecule has 49 heavy (non-hydrogen) atoms. The van der Waals surface area contributed by atoms with Crippen LogP contribution in [0.15, 0.2) is 48.2 Å². The largest absolute Gasteiger partial charge is 0.457 e. The van der Waals surface area contributed by atoms with Crippen molar-refractivity contribution in [1.82, 2.24) is 19.8 Å². The van der Waals surface area contributed by atoms with Gasteiger partial charge in [-0.15, -0.1) is 0 Å². The Labute approximate surface area is 293 Å². The number of hydrogen-bond acceptors (Lipinski definition) is 9. The Bertz CT molecular complexity index is 1300. The summed E-state index contributed by atoms with van der Waals surface area (Å²) in [6, 6.07) is 2.59. The predicted molar refractivity (Wildman–Crippen MR) is 192 cm³/mol. The van der Waals surface area contributed by atoms with Crippen molar-refractivity contribution < 1.29 is 24.2 Å². The fourth-order valence-corrected chi connectivity index (χ4v) is 7.56.